The van der Waals surface area contributed by atoms with Gasteiger partial charge in [-0.3, -0.25) is 0 Å². The largest absolute Gasteiger partial charge is 0.216 e. The summed E-state index contributed by atoms with van der Waals surface area (Å²) in [4.78, 5) is 0. The fraction of sp³-hybridized carbons (Fsp3) is 0.222. The molecule has 0 spiro atoms. The molecule has 1 aromatic carbocycles. The van der Waals surface area contributed by atoms with Crippen LogP contribution in [0.25, 0.3) is 0 Å². The van der Waals surface area contributed by atoms with E-state index in [0.717, 1.165) is 11.7 Å². The summed E-state index contributed by atoms with van der Waals surface area (Å²) in [5.41, 5.74) is 1.20. The van der Waals surface area contributed by atoms with Crippen LogP contribution in [0.5, 0.6) is 0 Å². The second-order valence-corrected chi connectivity index (χ2v) is 3.58. The summed E-state index contributed by atoms with van der Waals surface area (Å²) >= 11 is 1.55. The van der Waals surface area contributed by atoms with Gasteiger partial charge in [-0.2, -0.15) is 0 Å². The van der Waals surface area contributed by atoms with Gasteiger partial charge in [0.1, 0.15) is 0 Å². The van der Waals surface area contributed by atoms with Gasteiger partial charge in [0.25, 0.3) is 0 Å². The quantitative estimate of drug-likeness (QED) is 0.713. The fourth-order valence-corrected chi connectivity index (χ4v) is 1.63. The smallest absolute Gasteiger partial charge is 0.209 e. The highest BCUT2D eigenvalue weighted by molar-refractivity contribution is 7.98. The molecule has 0 amide bonds. The molecule has 0 aliphatic rings. The Balaban J connectivity index is 2.19. The number of rotatable bonds is 3. The molecule has 0 radical (unpaired) electrons. The third-order valence-electron chi connectivity index (χ3n) is 1.86. The van der Waals surface area contributed by atoms with Gasteiger partial charge in [-0.25, -0.2) is 4.68 Å². The van der Waals surface area contributed by atoms with Crippen molar-refractivity contribution in [1.29, 1.82) is 0 Å². The van der Waals surface area contributed by atoms with Crippen molar-refractivity contribution in [2.24, 2.45) is 0 Å². The SMILES string of the molecule is CSc1nnnn1Cc1ccccc1. The van der Waals surface area contributed by atoms with Crippen molar-refractivity contribution in [3.8, 4) is 0 Å². The van der Waals surface area contributed by atoms with E-state index in [1.54, 1.807) is 16.4 Å². The maximum absolute atomic E-state index is 3.92. The average Bonchev–Trinajstić information content (AvgIpc) is 2.67. The number of thioether (sulfide) groups is 1. The van der Waals surface area contributed by atoms with E-state index in [1.165, 1.54) is 5.56 Å². The van der Waals surface area contributed by atoms with Crippen LogP contribution in [0.3, 0.4) is 0 Å². The molecule has 1 heterocycles. The first-order chi connectivity index (χ1) is 6.90. The van der Waals surface area contributed by atoms with Gasteiger partial charge in [0.05, 0.1) is 6.54 Å². The number of nitrogens with zero attached hydrogens (tertiary/aromatic N) is 4. The third kappa shape index (κ3) is 1.93. The van der Waals surface area contributed by atoms with Crippen molar-refractivity contribution in [1.82, 2.24) is 20.2 Å². The van der Waals surface area contributed by atoms with Gasteiger partial charge in [0.2, 0.25) is 5.16 Å². The van der Waals surface area contributed by atoms with E-state index in [0.29, 0.717) is 0 Å². The van der Waals surface area contributed by atoms with Crippen LogP contribution in [0.2, 0.25) is 0 Å². The van der Waals surface area contributed by atoms with Crippen LogP contribution in [0.4, 0.5) is 0 Å². The molecule has 14 heavy (non-hydrogen) atoms. The Kier molecular flexibility index (Phi) is 2.78. The number of tetrazole rings is 1. The van der Waals surface area contributed by atoms with Crippen LogP contribution in [-0.2, 0) is 6.54 Å². The molecular formula is C9H10N4S. The molecule has 2 rings (SSSR count). The van der Waals surface area contributed by atoms with Crippen molar-refractivity contribution in [3.05, 3.63) is 35.9 Å². The summed E-state index contributed by atoms with van der Waals surface area (Å²) in [5, 5.41) is 12.3. The maximum Gasteiger partial charge on any atom is 0.209 e. The summed E-state index contributed by atoms with van der Waals surface area (Å²) in [6.07, 6.45) is 1.97. The van der Waals surface area contributed by atoms with Crippen LogP contribution in [-0.4, -0.2) is 26.5 Å². The van der Waals surface area contributed by atoms with Crippen LogP contribution in [0, 0.1) is 0 Å². The van der Waals surface area contributed by atoms with E-state index in [9.17, 15) is 0 Å². The van der Waals surface area contributed by atoms with Crippen molar-refractivity contribution in [2.75, 3.05) is 6.26 Å². The Morgan fingerprint density at radius 3 is 2.79 bits per heavy atom. The maximum atomic E-state index is 3.92. The normalized spacial score (nSPS) is 10.4. The minimum absolute atomic E-state index is 0.726. The molecule has 0 atom stereocenters. The van der Waals surface area contributed by atoms with Crippen LogP contribution >= 0.6 is 11.8 Å². The van der Waals surface area contributed by atoms with Crippen molar-refractivity contribution >= 4 is 11.8 Å². The third-order valence-corrected chi connectivity index (χ3v) is 2.51. The Hall–Kier alpha value is -1.36. The summed E-state index contributed by atoms with van der Waals surface area (Å²) in [6, 6.07) is 10.1. The molecule has 0 unspecified atom stereocenters. The van der Waals surface area contributed by atoms with Crippen LogP contribution < -0.4 is 0 Å². The first kappa shape index (κ1) is 9.21. The fourth-order valence-electron chi connectivity index (χ4n) is 1.20. The second kappa shape index (κ2) is 4.23. The average molecular weight is 206 g/mol. The van der Waals surface area contributed by atoms with Gasteiger partial charge in [0.15, 0.2) is 0 Å². The van der Waals surface area contributed by atoms with Crippen LogP contribution in [0.1, 0.15) is 5.56 Å². The topological polar surface area (TPSA) is 43.6 Å². The van der Waals surface area contributed by atoms with E-state index >= 15 is 0 Å². The number of hydrogen-bond acceptors (Lipinski definition) is 4. The molecule has 2 aromatic rings. The lowest BCUT2D eigenvalue weighted by Crippen LogP contribution is -2.03. The summed E-state index contributed by atoms with van der Waals surface area (Å²) in [7, 11) is 0. The lowest BCUT2D eigenvalue weighted by atomic mass is 10.2. The van der Waals surface area contributed by atoms with Crippen molar-refractivity contribution in [2.45, 2.75) is 11.7 Å². The highest BCUT2D eigenvalue weighted by Gasteiger charge is 2.03. The second-order valence-electron chi connectivity index (χ2n) is 2.81. The standard InChI is InChI=1S/C9H10N4S/c1-14-9-10-11-12-13(9)7-8-5-3-2-4-6-8/h2-6H,7H2,1H3. The van der Waals surface area contributed by atoms with E-state index in [4.69, 9.17) is 0 Å². The molecule has 0 saturated heterocycles. The van der Waals surface area contributed by atoms with Gasteiger partial charge in [-0.1, -0.05) is 42.1 Å². The van der Waals surface area contributed by atoms with Crippen molar-refractivity contribution < 1.29 is 0 Å². The Labute approximate surface area is 86.3 Å². The summed E-state index contributed by atoms with van der Waals surface area (Å²) in [5.74, 6) is 0. The predicted molar refractivity (Wildman–Crippen MR) is 55.1 cm³/mol. The van der Waals surface area contributed by atoms with Crippen LogP contribution in [0.15, 0.2) is 35.5 Å². The zero-order valence-corrected chi connectivity index (χ0v) is 8.61. The Morgan fingerprint density at radius 1 is 1.29 bits per heavy atom. The monoisotopic (exact) mass is 206 g/mol. The molecule has 0 N–H and O–H groups in total. The molecule has 72 valence electrons. The first-order valence-corrected chi connectivity index (χ1v) is 5.46. The molecule has 5 heteroatoms. The van der Waals surface area contributed by atoms with Gasteiger partial charge in [-0.15, -0.1) is 5.10 Å². The molecule has 0 aliphatic carbocycles. The lowest BCUT2D eigenvalue weighted by Gasteiger charge is -2.01. The van der Waals surface area contributed by atoms with Gasteiger partial charge in [-0.05, 0) is 22.2 Å². The van der Waals surface area contributed by atoms with E-state index < -0.39 is 0 Å². The van der Waals surface area contributed by atoms with E-state index in [2.05, 4.69) is 27.7 Å². The molecular weight excluding hydrogens is 196 g/mol. The minimum atomic E-state index is 0.726. The Morgan fingerprint density at radius 2 is 2.07 bits per heavy atom. The molecule has 1 aromatic heterocycles. The molecule has 4 nitrogen and oxygen atoms in total. The van der Waals surface area contributed by atoms with Gasteiger partial charge < -0.3 is 0 Å². The molecule has 0 saturated carbocycles. The zero-order valence-electron chi connectivity index (χ0n) is 7.79. The van der Waals surface area contributed by atoms with Gasteiger partial charge in [0, 0.05) is 0 Å². The number of hydrogen-bond donors (Lipinski definition) is 0. The van der Waals surface area contributed by atoms with E-state index in [-0.39, 0.29) is 0 Å². The van der Waals surface area contributed by atoms with Crippen molar-refractivity contribution in [3.63, 3.8) is 0 Å². The minimum Gasteiger partial charge on any atom is -0.216 e. The number of benzene rings is 1. The molecule has 0 bridgehead atoms. The summed E-state index contributed by atoms with van der Waals surface area (Å²) in [6.45, 7) is 0.726. The number of aromatic nitrogens is 4. The predicted octanol–water partition coefficient (Wildman–Crippen LogP) is 1.44. The zero-order chi connectivity index (χ0) is 9.80. The lowest BCUT2D eigenvalue weighted by molar-refractivity contribution is 0.603. The molecule has 0 aliphatic heterocycles. The highest BCUT2D eigenvalue weighted by Crippen LogP contribution is 2.10. The summed E-state index contributed by atoms with van der Waals surface area (Å²) < 4.78 is 1.79. The Bertz CT molecular complexity index is 398. The first-order valence-electron chi connectivity index (χ1n) is 4.24. The molecule has 0 fully saturated rings. The van der Waals surface area contributed by atoms with Gasteiger partial charge >= 0.3 is 0 Å². The highest BCUT2D eigenvalue weighted by atomic mass is 32.2. The van der Waals surface area contributed by atoms with E-state index in [1.807, 2.05) is 24.5 Å².